The van der Waals surface area contributed by atoms with Gasteiger partial charge >= 0.3 is 6.03 Å². The second-order valence-corrected chi connectivity index (χ2v) is 3.79. The monoisotopic (exact) mass is 199 g/mol. The van der Waals surface area contributed by atoms with Gasteiger partial charge in [0.2, 0.25) is 0 Å². The van der Waals surface area contributed by atoms with E-state index in [2.05, 4.69) is 10.2 Å². The second-order valence-electron chi connectivity index (χ2n) is 3.79. The van der Waals surface area contributed by atoms with Crippen molar-refractivity contribution < 1.29 is 4.79 Å². The maximum absolute atomic E-state index is 11.3. The van der Waals surface area contributed by atoms with Crippen LogP contribution in [0.25, 0.3) is 0 Å². The van der Waals surface area contributed by atoms with Crippen molar-refractivity contribution in [3.05, 3.63) is 0 Å². The number of urea groups is 1. The molecule has 0 atom stereocenters. The first-order valence-electron chi connectivity index (χ1n) is 5.45. The fourth-order valence-corrected chi connectivity index (χ4v) is 1.61. The van der Waals surface area contributed by atoms with Crippen molar-refractivity contribution in [3.8, 4) is 0 Å². The van der Waals surface area contributed by atoms with E-state index in [1.807, 2.05) is 14.0 Å². The molecule has 0 unspecified atom stereocenters. The van der Waals surface area contributed by atoms with Gasteiger partial charge in [-0.15, -0.1) is 0 Å². The van der Waals surface area contributed by atoms with Gasteiger partial charge in [-0.1, -0.05) is 0 Å². The van der Waals surface area contributed by atoms with Crippen LogP contribution in [0.15, 0.2) is 0 Å². The van der Waals surface area contributed by atoms with E-state index in [-0.39, 0.29) is 6.03 Å². The van der Waals surface area contributed by atoms with Crippen molar-refractivity contribution in [1.82, 2.24) is 15.1 Å². The van der Waals surface area contributed by atoms with E-state index in [9.17, 15) is 4.79 Å². The molecule has 1 rings (SSSR count). The van der Waals surface area contributed by atoms with Crippen molar-refractivity contribution in [2.75, 3.05) is 39.8 Å². The summed E-state index contributed by atoms with van der Waals surface area (Å²) < 4.78 is 0. The number of carbonyl (C=O) groups excluding carboxylic acids is 1. The van der Waals surface area contributed by atoms with E-state index in [0.717, 1.165) is 19.6 Å². The third-order valence-corrected chi connectivity index (χ3v) is 2.72. The number of hydrogen-bond donors (Lipinski definition) is 1. The average molecular weight is 199 g/mol. The molecule has 1 aliphatic heterocycles. The molecule has 2 amide bonds. The summed E-state index contributed by atoms with van der Waals surface area (Å²) >= 11 is 0. The topological polar surface area (TPSA) is 35.6 Å². The molecule has 0 radical (unpaired) electrons. The van der Waals surface area contributed by atoms with Gasteiger partial charge in [0.15, 0.2) is 0 Å². The van der Waals surface area contributed by atoms with E-state index in [0.29, 0.717) is 0 Å². The van der Waals surface area contributed by atoms with Crippen LogP contribution in [0.1, 0.15) is 19.8 Å². The van der Waals surface area contributed by atoms with E-state index in [1.54, 1.807) is 4.90 Å². The molecule has 0 bridgehead atoms. The highest BCUT2D eigenvalue weighted by Crippen LogP contribution is 2.05. The molecular weight excluding hydrogens is 178 g/mol. The Morgan fingerprint density at radius 1 is 1.43 bits per heavy atom. The highest BCUT2D eigenvalue weighted by Gasteiger charge is 2.11. The zero-order chi connectivity index (χ0) is 10.4. The first-order valence-corrected chi connectivity index (χ1v) is 5.45. The van der Waals surface area contributed by atoms with E-state index in [4.69, 9.17) is 0 Å². The number of likely N-dealkylation sites (tertiary alicyclic amines) is 1. The Kier molecular flexibility index (Phi) is 4.73. The lowest BCUT2D eigenvalue weighted by Crippen LogP contribution is -2.40. The van der Waals surface area contributed by atoms with Crippen LogP contribution in [0.4, 0.5) is 4.79 Å². The first-order chi connectivity index (χ1) is 6.74. The SMILES string of the molecule is CCN(C)C(=O)NCCN1CCCC1. The lowest BCUT2D eigenvalue weighted by Gasteiger charge is -2.18. The predicted molar refractivity (Wildman–Crippen MR) is 57.4 cm³/mol. The smallest absolute Gasteiger partial charge is 0.317 e. The zero-order valence-electron chi connectivity index (χ0n) is 9.25. The maximum atomic E-state index is 11.3. The Morgan fingerprint density at radius 3 is 2.64 bits per heavy atom. The minimum Gasteiger partial charge on any atom is -0.337 e. The summed E-state index contributed by atoms with van der Waals surface area (Å²) in [6.07, 6.45) is 2.62. The van der Waals surface area contributed by atoms with Crippen molar-refractivity contribution >= 4 is 6.03 Å². The largest absolute Gasteiger partial charge is 0.337 e. The summed E-state index contributed by atoms with van der Waals surface area (Å²) in [5.74, 6) is 0. The van der Waals surface area contributed by atoms with Gasteiger partial charge in [-0.3, -0.25) is 0 Å². The van der Waals surface area contributed by atoms with Gasteiger partial charge in [0.05, 0.1) is 0 Å². The molecule has 0 aromatic rings. The molecule has 1 N–H and O–H groups in total. The lowest BCUT2D eigenvalue weighted by atomic mass is 10.4. The minimum absolute atomic E-state index is 0.0340. The van der Waals surface area contributed by atoms with Gasteiger partial charge in [-0.05, 0) is 32.9 Å². The van der Waals surface area contributed by atoms with Crippen molar-refractivity contribution in [1.29, 1.82) is 0 Å². The Bertz CT molecular complexity index is 178. The Balaban J connectivity index is 2.05. The maximum Gasteiger partial charge on any atom is 0.317 e. The van der Waals surface area contributed by atoms with Crippen LogP contribution < -0.4 is 5.32 Å². The molecule has 1 aliphatic rings. The summed E-state index contributed by atoms with van der Waals surface area (Å²) in [6.45, 7) is 6.88. The summed E-state index contributed by atoms with van der Waals surface area (Å²) in [5.41, 5.74) is 0. The molecule has 4 heteroatoms. The summed E-state index contributed by atoms with van der Waals surface area (Å²) in [7, 11) is 1.81. The van der Waals surface area contributed by atoms with Gasteiger partial charge in [0, 0.05) is 26.7 Å². The highest BCUT2D eigenvalue weighted by molar-refractivity contribution is 5.73. The zero-order valence-corrected chi connectivity index (χ0v) is 9.25. The summed E-state index contributed by atoms with van der Waals surface area (Å²) in [4.78, 5) is 15.4. The van der Waals surface area contributed by atoms with Crippen LogP contribution in [0, 0.1) is 0 Å². The Morgan fingerprint density at radius 2 is 2.07 bits per heavy atom. The fourth-order valence-electron chi connectivity index (χ4n) is 1.61. The van der Waals surface area contributed by atoms with Crippen LogP contribution in [-0.4, -0.2) is 55.6 Å². The van der Waals surface area contributed by atoms with Crippen molar-refractivity contribution in [2.24, 2.45) is 0 Å². The standard InChI is InChI=1S/C10H21N3O/c1-3-12(2)10(14)11-6-9-13-7-4-5-8-13/h3-9H2,1-2H3,(H,11,14). The molecular formula is C10H21N3O. The molecule has 0 aromatic heterocycles. The molecule has 0 saturated carbocycles. The molecule has 0 aromatic carbocycles. The van der Waals surface area contributed by atoms with Gasteiger partial charge in [0.25, 0.3) is 0 Å². The molecule has 1 heterocycles. The van der Waals surface area contributed by atoms with Crippen LogP contribution in [0.5, 0.6) is 0 Å². The van der Waals surface area contributed by atoms with Gasteiger partial charge in [-0.2, -0.15) is 0 Å². The van der Waals surface area contributed by atoms with Gasteiger partial charge in [0.1, 0.15) is 0 Å². The van der Waals surface area contributed by atoms with Crippen LogP contribution >= 0.6 is 0 Å². The van der Waals surface area contributed by atoms with Gasteiger partial charge < -0.3 is 15.1 Å². The molecule has 1 saturated heterocycles. The predicted octanol–water partition coefficient (Wildman–Crippen LogP) is 0.743. The number of amides is 2. The van der Waals surface area contributed by atoms with Crippen LogP contribution in [-0.2, 0) is 0 Å². The third kappa shape index (κ3) is 3.54. The third-order valence-electron chi connectivity index (χ3n) is 2.72. The van der Waals surface area contributed by atoms with E-state index < -0.39 is 0 Å². The average Bonchev–Trinajstić information content (AvgIpc) is 2.69. The molecule has 1 fully saturated rings. The first kappa shape index (κ1) is 11.3. The molecule has 0 spiro atoms. The van der Waals surface area contributed by atoms with Crippen LogP contribution in [0.3, 0.4) is 0 Å². The van der Waals surface area contributed by atoms with Gasteiger partial charge in [-0.25, -0.2) is 4.79 Å². The Labute approximate surface area is 86.2 Å². The lowest BCUT2D eigenvalue weighted by molar-refractivity contribution is 0.209. The number of nitrogens with zero attached hydrogens (tertiary/aromatic N) is 2. The summed E-state index contributed by atoms with van der Waals surface area (Å²) in [5, 5.41) is 2.91. The second kappa shape index (κ2) is 5.86. The van der Waals surface area contributed by atoms with E-state index >= 15 is 0 Å². The van der Waals surface area contributed by atoms with E-state index in [1.165, 1.54) is 25.9 Å². The number of hydrogen-bond acceptors (Lipinski definition) is 2. The number of nitrogens with one attached hydrogen (secondary N) is 1. The van der Waals surface area contributed by atoms with Crippen molar-refractivity contribution in [2.45, 2.75) is 19.8 Å². The highest BCUT2D eigenvalue weighted by atomic mass is 16.2. The summed E-state index contributed by atoms with van der Waals surface area (Å²) in [6, 6.07) is 0.0340. The fraction of sp³-hybridized carbons (Fsp3) is 0.900. The molecule has 82 valence electrons. The minimum atomic E-state index is 0.0340. The molecule has 14 heavy (non-hydrogen) atoms. The number of carbonyl (C=O) groups is 1. The quantitative estimate of drug-likeness (QED) is 0.725. The molecule has 0 aliphatic carbocycles. The Hall–Kier alpha value is -0.770. The van der Waals surface area contributed by atoms with Crippen molar-refractivity contribution in [3.63, 3.8) is 0 Å². The number of rotatable bonds is 4. The van der Waals surface area contributed by atoms with Crippen LogP contribution in [0.2, 0.25) is 0 Å². The molecule has 4 nitrogen and oxygen atoms in total. The normalized spacial score (nSPS) is 17.0.